The smallest absolute Gasteiger partial charge is 0.402 e. The van der Waals surface area contributed by atoms with Crippen LogP contribution in [-0.4, -0.2) is 5.91 Å². The second kappa shape index (κ2) is 12.4. The van der Waals surface area contributed by atoms with Crippen molar-refractivity contribution in [3.63, 3.8) is 0 Å². The molecule has 0 aliphatic carbocycles. The Kier molecular flexibility index (Phi) is 9.61. The monoisotopic (exact) mass is 497 g/mol. The van der Waals surface area contributed by atoms with Gasteiger partial charge in [0.05, 0.1) is 12.0 Å². The fraction of sp³-hybridized carbons (Fsp3) is 0.107. The fourth-order valence-electron chi connectivity index (χ4n) is 3.27. The van der Waals surface area contributed by atoms with Crippen LogP contribution >= 0.6 is 0 Å². The van der Waals surface area contributed by atoms with Crippen molar-refractivity contribution in [1.82, 2.24) is 5.32 Å². The van der Waals surface area contributed by atoms with Gasteiger partial charge < -0.3 is 16.8 Å². The molecule has 0 heterocycles. The maximum Gasteiger partial charge on any atom is 0.417 e. The number of carbonyl (C=O) groups is 1. The number of allylic oxidation sites excluding steroid dienone is 8. The molecule has 2 aromatic rings. The van der Waals surface area contributed by atoms with Gasteiger partial charge in [0.15, 0.2) is 0 Å². The largest absolute Gasteiger partial charge is 0.417 e. The molecular formula is C28H27F4N3O. The quantitative estimate of drug-likeness (QED) is 0.293. The van der Waals surface area contributed by atoms with Crippen LogP contribution in [0.15, 0.2) is 103 Å². The number of nitrogens with one attached hydrogen (secondary N) is 1. The first-order valence-corrected chi connectivity index (χ1v) is 10.8. The summed E-state index contributed by atoms with van der Waals surface area (Å²) in [6, 6.07) is 9.35. The summed E-state index contributed by atoms with van der Waals surface area (Å²) in [4.78, 5) is 12.5. The number of hydrogen-bond acceptors (Lipinski definition) is 3. The molecule has 2 aromatic carbocycles. The minimum Gasteiger partial charge on any atom is -0.402 e. The minimum absolute atomic E-state index is 0.0824. The van der Waals surface area contributed by atoms with E-state index in [1.54, 1.807) is 13.0 Å². The fourth-order valence-corrected chi connectivity index (χ4v) is 3.27. The van der Waals surface area contributed by atoms with Gasteiger partial charge in [-0.1, -0.05) is 49.6 Å². The third kappa shape index (κ3) is 8.16. The van der Waals surface area contributed by atoms with Crippen LogP contribution in [0.4, 0.5) is 17.6 Å². The van der Waals surface area contributed by atoms with Gasteiger partial charge in [0.1, 0.15) is 5.82 Å². The number of alkyl halides is 3. The highest BCUT2D eigenvalue weighted by molar-refractivity contribution is 5.82. The van der Waals surface area contributed by atoms with E-state index in [-0.39, 0.29) is 34.5 Å². The number of halogens is 4. The Labute approximate surface area is 207 Å². The van der Waals surface area contributed by atoms with Crippen molar-refractivity contribution >= 4 is 17.2 Å². The molecule has 4 nitrogen and oxygen atoms in total. The summed E-state index contributed by atoms with van der Waals surface area (Å²) in [5.74, 6) is -1.00. The molecule has 0 atom stereocenters. The lowest BCUT2D eigenvalue weighted by molar-refractivity contribution is -0.137. The topological polar surface area (TPSA) is 81.1 Å². The standard InChI is InChI=1S/C28H27F4N3O/c1-4-7-20(14-18(3)33)24-12-10-19(15-25(24)28(30,31)32)16-27(36)35-23(5-2)11-13-26(34)21-8-6-9-22(29)17-21/h4-15,17H,1-2,16,33-34H2,3H3,(H,35,36)/b18-14-,20-7+,23-11+,26-13-. The van der Waals surface area contributed by atoms with Gasteiger partial charge in [-0.2, -0.15) is 13.2 Å². The second-order valence-electron chi connectivity index (χ2n) is 7.81. The predicted octanol–water partition coefficient (Wildman–Crippen LogP) is 6.00. The van der Waals surface area contributed by atoms with Crippen LogP contribution in [0.2, 0.25) is 0 Å². The van der Waals surface area contributed by atoms with Crippen LogP contribution in [-0.2, 0) is 17.4 Å². The minimum atomic E-state index is -4.66. The molecule has 0 aliphatic heterocycles. The van der Waals surface area contributed by atoms with Crippen LogP contribution in [0.5, 0.6) is 0 Å². The summed E-state index contributed by atoms with van der Waals surface area (Å²) in [7, 11) is 0. The molecule has 36 heavy (non-hydrogen) atoms. The SMILES string of the molecule is C=C/C=C(\C=C(\C)N)c1ccc(CC(=O)N/C(C=C)=C/C=C(\N)c2cccc(F)c2)cc1C(F)(F)F. The number of amides is 1. The molecule has 0 saturated carbocycles. The van der Waals surface area contributed by atoms with Crippen LogP contribution in [0.25, 0.3) is 11.3 Å². The zero-order valence-electron chi connectivity index (χ0n) is 19.7. The zero-order chi connectivity index (χ0) is 26.9. The number of benzene rings is 2. The molecule has 5 N–H and O–H groups in total. The molecule has 0 saturated heterocycles. The first-order chi connectivity index (χ1) is 16.9. The van der Waals surface area contributed by atoms with Crippen molar-refractivity contribution < 1.29 is 22.4 Å². The molecule has 0 unspecified atom stereocenters. The van der Waals surface area contributed by atoms with Gasteiger partial charge in [0, 0.05) is 22.7 Å². The highest BCUT2D eigenvalue weighted by Gasteiger charge is 2.34. The third-order valence-corrected chi connectivity index (χ3v) is 4.85. The third-order valence-electron chi connectivity index (χ3n) is 4.85. The Morgan fingerprint density at radius 2 is 1.78 bits per heavy atom. The van der Waals surface area contributed by atoms with Crippen molar-refractivity contribution in [2.75, 3.05) is 0 Å². The normalized spacial score (nSPS) is 13.4. The maximum absolute atomic E-state index is 13.8. The van der Waals surface area contributed by atoms with E-state index in [0.717, 1.165) is 6.07 Å². The van der Waals surface area contributed by atoms with E-state index < -0.39 is 23.5 Å². The molecule has 188 valence electrons. The van der Waals surface area contributed by atoms with Crippen LogP contribution < -0.4 is 16.8 Å². The average molecular weight is 498 g/mol. The van der Waals surface area contributed by atoms with Crippen molar-refractivity contribution in [2.45, 2.75) is 19.5 Å². The lowest BCUT2D eigenvalue weighted by Crippen LogP contribution is -2.24. The molecule has 0 spiro atoms. The molecule has 0 bridgehead atoms. The highest BCUT2D eigenvalue weighted by Crippen LogP contribution is 2.36. The van der Waals surface area contributed by atoms with E-state index in [1.807, 2.05) is 0 Å². The molecule has 0 fully saturated rings. The number of carbonyl (C=O) groups excluding carboxylic acids is 1. The molecule has 1 amide bonds. The zero-order valence-corrected chi connectivity index (χ0v) is 19.7. The summed E-state index contributed by atoms with van der Waals surface area (Å²) in [6.45, 7) is 8.72. The highest BCUT2D eigenvalue weighted by atomic mass is 19.4. The predicted molar refractivity (Wildman–Crippen MR) is 136 cm³/mol. The maximum atomic E-state index is 13.8. The van der Waals surface area contributed by atoms with Crippen molar-refractivity contribution in [3.8, 4) is 0 Å². The first kappa shape index (κ1) is 27.9. The molecule has 8 heteroatoms. The van der Waals surface area contributed by atoms with Gasteiger partial charge in [-0.15, -0.1) is 0 Å². The van der Waals surface area contributed by atoms with E-state index in [9.17, 15) is 22.4 Å². The van der Waals surface area contributed by atoms with E-state index in [2.05, 4.69) is 18.5 Å². The molecule has 0 aliphatic rings. The second-order valence-corrected chi connectivity index (χ2v) is 7.81. The molecule has 0 radical (unpaired) electrons. The van der Waals surface area contributed by atoms with Gasteiger partial charge >= 0.3 is 6.18 Å². The molecule has 0 aromatic heterocycles. The first-order valence-electron chi connectivity index (χ1n) is 10.8. The Bertz CT molecular complexity index is 1260. The van der Waals surface area contributed by atoms with E-state index >= 15 is 0 Å². The Hall–Kier alpha value is -4.33. The van der Waals surface area contributed by atoms with Crippen LogP contribution in [0.3, 0.4) is 0 Å². The summed E-state index contributed by atoms with van der Waals surface area (Å²) in [5, 5.41) is 2.57. The average Bonchev–Trinajstić information content (AvgIpc) is 2.80. The van der Waals surface area contributed by atoms with Gasteiger partial charge in [0.2, 0.25) is 5.91 Å². The van der Waals surface area contributed by atoms with E-state index in [4.69, 9.17) is 11.5 Å². The lowest BCUT2D eigenvalue weighted by atomic mass is 9.95. The molecule has 2 rings (SSSR count). The van der Waals surface area contributed by atoms with Gasteiger partial charge in [0.25, 0.3) is 0 Å². The summed E-state index contributed by atoms with van der Waals surface area (Å²) in [6.07, 6.45) is 3.51. The lowest BCUT2D eigenvalue weighted by Gasteiger charge is -2.16. The van der Waals surface area contributed by atoms with Crippen molar-refractivity contribution in [1.29, 1.82) is 0 Å². The summed E-state index contributed by atoms with van der Waals surface area (Å²) in [5.41, 5.74) is 12.3. The van der Waals surface area contributed by atoms with Crippen molar-refractivity contribution in [3.05, 3.63) is 132 Å². The Morgan fingerprint density at radius 1 is 1.06 bits per heavy atom. The van der Waals surface area contributed by atoms with Crippen LogP contribution in [0, 0.1) is 5.82 Å². The molecular weight excluding hydrogens is 470 g/mol. The van der Waals surface area contributed by atoms with E-state index in [0.29, 0.717) is 11.3 Å². The summed E-state index contributed by atoms with van der Waals surface area (Å²) >= 11 is 0. The van der Waals surface area contributed by atoms with Gasteiger partial charge in [-0.3, -0.25) is 4.79 Å². The number of hydrogen-bond donors (Lipinski definition) is 3. The Balaban J connectivity index is 2.28. The van der Waals surface area contributed by atoms with Crippen molar-refractivity contribution in [2.24, 2.45) is 11.5 Å². The number of rotatable bonds is 9. The Morgan fingerprint density at radius 3 is 2.36 bits per heavy atom. The summed E-state index contributed by atoms with van der Waals surface area (Å²) < 4.78 is 54.9. The van der Waals surface area contributed by atoms with E-state index in [1.165, 1.54) is 66.8 Å². The van der Waals surface area contributed by atoms with Crippen LogP contribution in [0.1, 0.15) is 29.2 Å². The van der Waals surface area contributed by atoms with Gasteiger partial charge in [-0.25, -0.2) is 4.39 Å². The van der Waals surface area contributed by atoms with Gasteiger partial charge in [-0.05, 0) is 66.1 Å². The number of nitrogens with two attached hydrogens (primary N) is 2.